The molecule has 0 aliphatic heterocycles. The largest absolute Gasteiger partial charge is 0.335 e. The van der Waals surface area contributed by atoms with Crippen molar-refractivity contribution >= 4 is 10.0 Å². The van der Waals surface area contributed by atoms with Crippen LogP contribution in [0.4, 0.5) is 0 Å². The Hall–Kier alpha value is -0.920. The Bertz CT molecular complexity index is 399. The number of imidazole rings is 1. The Morgan fingerprint density at radius 2 is 2.25 bits per heavy atom. The van der Waals surface area contributed by atoms with Crippen LogP contribution in [0.25, 0.3) is 0 Å². The lowest BCUT2D eigenvalue weighted by Gasteiger charge is -2.20. The summed E-state index contributed by atoms with van der Waals surface area (Å²) < 4.78 is 25.8. The number of hydrogen-bond donors (Lipinski definition) is 2. The summed E-state index contributed by atoms with van der Waals surface area (Å²) in [6.07, 6.45) is 2.63. The zero-order valence-electron chi connectivity index (χ0n) is 9.77. The van der Waals surface area contributed by atoms with E-state index < -0.39 is 10.0 Å². The molecule has 1 aromatic rings. The molecule has 0 saturated carbocycles. The zero-order chi connectivity index (χ0) is 12.2. The first-order chi connectivity index (χ1) is 7.43. The van der Waals surface area contributed by atoms with Gasteiger partial charge in [0.2, 0.25) is 0 Å². The van der Waals surface area contributed by atoms with Crippen molar-refractivity contribution in [3.8, 4) is 0 Å². The highest BCUT2D eigenvalue weighted by Crippen LogP contribution is 2.01. The molecular formula is C9H18N4O2S. The molecule has 0 radical (unpaired) electrons. The van der Waals surface area contributed by atoms with E-state index in [9.17, 15) is 8.42 Å². The predicted molar refractivity (Wildman–Crippen MR) is 61.5 cm³/mol. The molecule has 0 aromatic carbocycles. The summed E-state index contributed by atoms with van der Waals surface area (Å²) in [5.41, 5.74) is 0. The first-order valence-corrected chi connectivity index (χ1v) is 6.60. The molecular weight excluding hydrogens is 228 g/mol. The van der Waals surface area contributed by atoms with Crippen LogP contribution in [0.3, 0.4) is 0 Å². The Morgan fingerprint density at radius 3 is 2.75 bits per heavy atom. The van der Waals surface area contributed by atoms with Crippen molar-refractivity contribution in [3.63, 3.8) is 0 Å². The number of hydrogen-bond acceptors (Lipinski definition) is 4. The molecule has 0 fully saturated rings. The van der Waals surface area contributed by atoms with Crippen LogP contribution in [0, 0.1) is 0 Å². The van der Waals surface area contributed by atoms with Gasteiger partial charge in [-0.3, -0.25) is 0 Å². The van der Waals surface area contributed by atoms with Gasteiger partial charge in [0.05, 0.1) is 12.5 Å². The second-order valence-corrected chi connectivity index (χ2v) is 5.62. The van der Waals surface area contributed by atoms with E-state index in [1.165, 1.54) is 12.5 Å². The highest BCUT2D eigenvalue weighted by atomic mass is 32.2. The van der Waals surface area contributed by atoms with Crippen molar-refractivity contribution in [1.82, 2.24) is 19.6 Å². The molecule has 16 heavy (non-hydrogen) atoms. The van der Waals surface area contributed by atoms with Gasteiger partial charge in [0.25, 0.3) is 10.0 Å². The molecule has 0 unspecified atom stereocenters. The maximum Gasteiger partial charge on any atom is 0.257 e. The molecule has 0 spiro atoms. The minimum Gasteiger partial charge on any atom is -0.335 e. The third kappa shape index (κ3) is 3.58. The number of aromatic amines is 1. The molecule has 92 valence electrons. The highest BCUT2D eigenvalue weighted by molar-refractivity contribution is 7.89. The summed E-state index contributed by atoms with van der Waals surface area (Å²) >= 11 is 0. The van der Waals surface area contributed by atoms with Gasteiger partial charge in [-0.25, -0.2) is 18.1 Å². The van der Waals surface area contributed by atoms with Gasteiger partial charge in [0.15, 0.2) is 5.03 Å². The molecule has 7 heteroatoms. The van der Waals surface area contributed by atoms with E-state index in [1.807, 2.05) is 7.05 Å². The number of rotatable bonds is 6. The van der Waals surface area contributed by atoms with Crippen molar-refractivity contribution in [2.45, 2.75) is 24.9 Å². The molecule has 1 aromatic heterocycles. The summed E-state index contributed by atoms with van der Waals surface area (Å²) in [5, 5.41) is 0.0969. The van der Waals surface area contributed by atoms with E-state index in [0.29, 0.717) is 19.1 Å². The minimum atomic E-state index is -3.43. The topological polar surface area (TPSA) is 78.1 Å². The van der Waals surface area contributed by atoms with Gasteiger partial charge in [-0.05, 0) is 20.9 Å². The Kier molecular flexibility index (Phi) is 4.45. The normalized spacial score (nSPS) is 12.6. The lowest BCUT2D eigenvalue weighted by molar-refractivity contribution is 0.278. The molecule has 2 N–H and O–H groups in total. The van der Waals surface area contributed by atoms with Crippen molar-refractivity contribution in [3.05, 3.63) is 12.5 Å². The molecule has 0 amide bonds. The van der Waals surface area contributed by atoms with Gasteiger partial charge in [-0.1, -0.05) is 0 Å². The number of sulfonamides is 1. The zero-order valence-corrected chi connectivity index (χ0v) is 10.6. The van der Waals surface area contributed by atoms with Crippen LogP contribution in [-0.2, 0) is 10.0 Å². The minimum absolute atomic E-state index is 0.0969. The van der Waals surface area contributed by atoms with Crippen LogP contribution in [0.5, 0.6) is 0 Å². The average Bonchev–Trinajstić information content (AvgIpc) is 2.70. The lowest BCUT2D eigenvalue weighted by Crippen LogP contribution is -2.36. The van der Waals surface area contributed by atoms with E-state index in [0.717, 1.165) is 0 Å². The van der Waals surface area contributed by atoms with Gasteiger partial charge in [0, 0.05) is 19.1 Å². The van der Waals surface area contributed by atoms with Gasteiger partial charge < -0.3 is 9.88 Å². The van der Waals surface area contributed by atoms with Gasteiger partial charge in [0.1, 0.15) is 0 Å². The summed E-state index contributed by atoms with van der Waals surface area (Å²) in [6.45, 7) is 5.17. The molecule has 1 heterocycles. The van der Waals surface area contributed by atoms with Crippen molar-refractivity contribution in [2.24, 2.45) is 0 Å². The standard InChI is InChI=1S/C9H18N4O2S/c1-8(2)13(3)5-4-12-16(14,15)9-6-10-7-11-9/h6-8,12H,4-5H2,1-3H3,(H,10,11). The number of aromatic nitrogens is 2. The number of likely N-dealkylation sites (N-methyl/N-ethyl adjacent to an activating group) is 1. The maximum absolute atomic E-state index is 11.6. The summed E-state index contributed by atoms with van der Waals surface area (Å²) in [7, 11) is -1.48. The predicted octanol–water partition coefficient (Wildman–Crippen LogP) is 0.0282. The van der Waals surface area contributed by atoms with Crippen LogP contribution in [0.2, 0.25) is 0 Å². The van der Waals surface area contributed by atoms with Crippen LogP contribution in [0.1, 0.15) is 13.8 Å². The number of H-pyrrole nitrogens is 1. The number of nitrogens with one attached hydrogen (secondary N) is 2. The van der Waals surface area contributed by atoms with E-state index in [2.05, 4.69) is 33.4 Å². The lowest BCUT2D eigenvalue weighted by atomic mass is 10.3. The third-order valence-electron chi connectivity index (χ3n) is 2.40. The Labute approximate surface area is 96.1 Å². The Balaban J connectivity index is 2.44. The molecule has 1 rings (SSSR count). The number of nitrogens with zero attached hydrogens (tertiary/aromatic N) is 2. The SMILES string of the molecule is CC(C)N(C)CCNS(=O)(=O)c1cnc[nH]1. The average molecular weight is 246 g/mol. The monoisotopic (exact) mass is 246 g/mol. The van der Waals surface area contributed by atoms with E-state index in [1.54, 1.807) is 0 Å². The van der Waals surface area contributed by atoms with Gasteiger partial charge in [-0.2, -0.15) is 0 Å². The van der Waals surface area contributed by atoms with E-state index in [-0.39, 0.29) is 5.03 Å². The molecule has 6 nitrogen and oxygen atoms in total. The fraction of sp³-hybridized carbons (Fsp3) is 0.667. The maximum atomic E-state index is 11.6. The van der Waals surface area contributed by atoms with Crippen LogP contribution in [-0.4, -0.2) is 49.5 Å². The van der Waals surface area contributed by atoms with Crippen molar-refractivity contribution in [1.29, 1.82) is 0 Å². The summed E-state index contributed by atoms with van der Waals surface area (Å²) in [4.78, 5) is 8.30. The first-order valence-electron chi connectivity index (χ1n) is 5.12. The van der Waals surface area contributed by atoms with Crippen molar-refractivity contribution in [2.75, 3.05) is 20.1 Å². The third-order valence-corrected chi connectivity index (χ3v) is 3.79. The second-order valence-electron chi connectivity index (χ2n) is 3.89. The van der Waals surface area contributed by atoms with Crippen molar-refractivity contribution < 1.29 is 8.42 Å². The molecule has 0 bridgehead atoms. The summed E-state index contributed by atoms with van der Waals surface area (Å²) in [6, 6.07) is 0.400. The van der Waals surface area contributed by atoms with Gasteiger partial charge >= 0.3 is 0 Å². The van der Waals surface area contributed by atoms with E-state index >= 15 is 0 Å². The van der Waals surface area contributed by atoms with Crippen LogP contribution in [0.15, 0.2) is 17.6 Å². The quantitative estimate of drug-likeness (QED) is 0.742. The Morgan fingerprint density at radius 1 is 1.56 bits per heavy atom. The fourth-order valence-electron chi connectivity index (χ4n) is 1.08. The van der Waals surface area contributed by atoms with Gasteiger partial charge in [-0.15, -0.1) is 0 Å². The molecule has 0 atom stereocenters. The molecule has 0 aliphatic rings. The summed E-state index contributed by atoms with van der Waals surface area (Å²) in [5.74, 6) is 0. The molecule has 0 aliphatic carbocycles. The first kappa shape index (κ1) is 13.1. The molecule has 0 saturated heterocycles. The fourth-order valence-corrected chi connectivity index (χ4v) is 2.01. The highest BCUT2D eigenvalue weighted by Gasteiger charge is 2.14. The van der Waals surface area contributed by atoms with E-state index in [4.69, 9.17) is 0 Å². The second kappa shape index (κ2) is 5.42. The smallest absolute Gasteiger partial charge is 0.257 e. The van der Waals surface area contributed by atoms with Crippen LogP contribution < -0.4 is 4.72 Å². The van der Waals surface area contributed by atoms with Crippen LogP contribution >= 0.6 is 0 Å².